The highest BCUT2D eigenvalue weighted by Crippen LogP contribution is 2.21. The summed E-state index contributed by atoms with van der Waals surface area (Å²) in [4.78, 5) is 34.7. The van der Waals surface area contributed by atoms with Crippen LogP contribution >= 0.6 is 0 Å². The molecule has 0 bridgehead atoms. The quantitative estimate of drug-likeness (QED) is 0.619. The number of carbonyl (C=O) groups is 2. The van der Waals surface area contributed by atoms with Gasteiger partial charge in [0.05, 0.1) is 17.4 Å². The monoisotopic (exact) mass is 310 g/mol. The van der Waals surface area contributed by atoms with Crippen molar-refractivity contribution in [1.82, 2.24) is 14.7 Å². The average molecular weight is 310 g/mol. The van der Waals surface area contributed by atoms with Gasteiger partial charge in [0.1, 0.15) is 6.54 Å². The maximum atomic E-state index is 12.3. The molecule has 1 aliphatic rings. The van der Waals surface area contributed by atoms with Crippen LogP contribution in [0, 0.1) is 10.1 Å². The van der Waals surface area contributed by atoms with Crippen LogP contribution in [-0.4, -0.2) is 49.2 Å². The van der Waals surface area contributed by atoms with Crippen molar-refractivity contribution in [2.24, 2.45) is 0 Å². The predicted octanol–water partition coefficient (Wildman–Crippen LogP) is 1.04. The molecule has 2 heterocycles. The number of carboxylic acid groups (broad SMARTS) is 1. The minimum Gasteiger partial charge on any atom is -0.481 e. The molecule has 1 amide bonds. The first-order chi connectivity index (χ1) is 10.5. The number of hydrogen-bond acceptors (Lipinski definition) is 5. The Kier molecular flexibility index (Phi) is 5.08. The van der Waals surface area contributed by atoms with E-state index < -0.39 is 10.9 Å². The van der Waals surface area contributed by atoms with E-state index in [4.69, 9.17) is 5.11 Å². The molecule has 1 aromatic heterocycles. The average Bonchev–Trinajstić information content (AvgIpc) is 2.94. The van der Waals surface area contributed by atoms with Gasteiger partial charge in [0, 0.05) is 19.0 Å². The lowest BCUT2D eigenvalue weighted by molar-refractivity contribution is -0.389. The number of nitro groups is 1. The van der Waals surface area contributed by atoms with E-state index in [2.05, 4.69) is 5.10 Å². The van der Waals surface area contributed by atoms with Crippen molar-refractivity contribution in [3.63, 3.8) is 0 Å². The van der Waals surface area contributed by atoms with E-state index in [1.165, 1.54) is 16.9 Å². The lowest BCUT2D eigenvalue weighted by Crippen LogP contribution is -2.45. The van der Waals surface area contributed by atoms with Gasteiger partial charge in [-0.2, -0.15) is 4.68 Å². The summed E-state index contributed by atoms with van der Waals surface area (Å²) in [7, 11) is 0. The van der Waals surface area contributed by atoms with Crippen LogP contribution < -0.4 is 0 Å². The van der Waals surface area contributed by atoms with Crippen LogP contribution in [0.2, 0.25) is 0 Å². The van der Waals surface area contributed by atoms with Crippen LogP contribution in [0.3, 0.4) is 0 Å². The zero-order valence-electron chi connectivity index (χ0n) is 12.1. The SMILES string of the molecule is O=C(O)CCC1CCCCN1C(=O)Cn1ccc([N+](=O)[O-])n1. The van der Waals surface area contributed by atoms with Crippen molar-refractivity contribution >= 4 is 17.7 Å². The predicted molar refractivity (Wildman–Crippen MR) is 75.1 cm³/mol. The third kappa shape index (κ3) is 4.03. The van der Waals surface area contributed by atoms with Gasteiger partial charge in [-0.25, -0.2) is 0 Å². The van der Waals surface area contributed by atoms with Crippen LogP contribution in [0.25, 0.3) is 0 Å². The zero-order chi connectivity index (χ0) is 16.1. The first kappa shape index (κ1) is 15.9. The molecule has 1 fully saturated rings. The van der Waals surface area contributed by atoms with Crippen LogP contribution in [0.5, 0.6) is 0 Å². The summed E-state index contributed by atoms with van der Waals surface area (Å²) in [6.07, 6.45) is 4.50. The molecule has 1 aromatic rings. The number of rotatable bonds is 6. The van der Waals surface area contributed by atoms with Gasteiger partial charge in [-0.05, 0) is 30.6 Å². The summed E-state index contributed by atoms with van der Waals surface area (Å²) in [6, 6.07) is 1.16. The van der Waals surface area contributed by atoms with E-state index in [0.717, 1.165) is 19.3 Å². The molecule has 9 nitrogen and oxygen atoms in total. The zero-order valence-corrected chi connectivity index (χ0v) is 12.1. The molecule has 2 rings (SSSR count). The maximum absolute atomic E-state index is 12.3. The molecule has 1 saturated heterocycles. The molecule has 0 aromatic carbocycles. The highest BCUT2D eigenvalue weighted by atomic mass is 16.6. The van der Waals surface area contributed by atoms with Crippen molar-refractivity contribution < 1.29 is 19.6 Å². The largest absolute Gasteiger partial charge is 0.481 e. The Bertz CT molecular complexity index is 571. The van der Waals surface area contributed by atoms with Gasteiger partial charge in [0.25, 0.3) is 0 Å². The minimum atomic E-state index is -0.874. The lowest BCUT2D eigenvalue weighted by atomic mass is 9.98. The van der Waals surface area contributed by atoms with Crippen molar-refractivity contribution in [2.75, 3.05) is 6.54 Å². The number of nitrogens with zero attached hydrogens (tertiary/aromatic N) is 4. The Morgan fingerprint density at radius 3 is 2.86 bits per heavy atom. The number of likely N-dealkylation sites (tertiary alicyclic amines) is 1. The van der Waals surface area contributed by atoms with Crippen molar-refractivity contribution in [2.45, 2.75) is 44.7 Å². The molecule has 0 aliphatic carbocycles. The number of amides is 1. The summed E-state index contributed by atoms with van der Waals surface area (Å²) in [5, 5.41) is 23.1. The minimum absolute atomic E-state index is 0.0295. The number of aromatic nitrogens is 2. The highest BCUT2D eigenvalue weighted by Gasteiger charge is 2.28. The number of carboxylic acids is 1. The van der Waals surface area contributed by atoms with Crippen LogP contribution in [-0.2, 0) is 16.1 Å². The summed E-state index contributed by atoms with van der Waals surface area (Å²) in [5.41, 5.74) is 0. The van der Waals surface area contributed by atoms with Crippen LogP contribution in [0.1, 0.15) is 32.1 Å². The Hall–Kier alpha value is -2.45. The van der Waals surface area contributed by atoms with Gasteiger partial charge in [-0.1, -0.05) is 0 Å². The maximum Gasteiger partial charge on any atom is 0.389 e. The van der Waals surface area contributed by atoms with Crippen LogP contribution in [0.15, 0.2) is 12.3 Å². The second-order valence-electron chi connectivity index (χ2n) is 5.30. The summed E-state index contributed by atoms with van der Waals surface area (Å²) in [5.74, 6) is -1.36. The van der Waals surface area contributed by atoms with Gasteiger partial charge >= 0.3 is 11.8 Å². The summed E-state index contributed by atoms with van der Waals surface area (Å²) in [6.45, 7) is 0.518. The van der Waals surface area contributed by atoms with E-state index in [1.807, 2.05) is 0 Å². The number of hydrogen-bond donors (Lipinski definition) is 1. The molecular formula is C13H18N4O5. The summed E-state index contributed by atoms with van der Waals surface area (Å²) < 4.78 is 1.24. The summed E-state index contributed by atoms with van der Waals surface area (Å²) >= 11 is 0. The van der Waals surface area contributed by atoms with E-state index in [-0.39, 0.29) is 30.7 Å². The second kappa shape index (κ2) is 7.01. The fraction of sp³-hybridized carbons (Fsp3) is 0.615. The van der Waals surface area contributed by atoms with Crippen molar-refractivity contribution in [3.8, 4) is 0 Å². The first-order valence-corrected chi connectivity index (χ1v) is 7.16. The fourth-order valence-electron chi connectivity index (χ4n) is 2.68. The number of carbonyl (C=O) groups excluding carboxylic acids is 1. The molecule has 1 atom stereocenters. The molecule has 0 saturated carbocycles. The van der Waals surface area contributed by atoms with Crippen LogP contribution in [0.4, 0.5) is 5.82 Å². The van der Waals surface area contributed by atoms with E-state index in [0.29, 0.717) is 13.0 Å². The van der Waals surface area contributed by atoms with Gasteiger partial charge < -0.3 is 20.1 Å². The Morgan fingerprint density at radius 1 is 1.45 bits per heavy atom. The molecule has 1 N–H and O–H groups in total. The standard InChI is InChI=1S/C13H18N4O5/c18-12(9-15-8-6-11(14-15)17(21)22)16-7-2-1-3-10(16)4-5-13(19)20/h6,8,10H,1-5,7,9H2,(H,19,20). The van der Waals surface area contributed by atoms with Gasteiger partial charge in [0.15, 0.2) is 0 Å². The fourth-order valence-corrected chi connectivity index (χ4v) is 2.68. The van der Waals surface area contributed by atoms with Gasteiger partial charge in [-0.3, -0.25) is 9.59 Å². The Labute approximate surface area is 126 Å². The van der Waals surface area contributed by atoms with Crippen molar-refractivity contribution in [3.05, 3.63) is 22.4 Å². The molecule has 1 unspecified atom stereocenters. The smallest absolute Gasteiger partial charge is 0.389 e. The molecule has 22 heavy (non-hydrogen) atoms. The molecule has 0 radical (unpaired) electrons. The Morgan fingerprint density at radius 2 is 2.23 bits per heavy atom. The number of aliphatic carboxylic acids is 1. The lowest BCUT2D eigenvalue weighted by Gasteiger charge is -2.35. The van der Waals surface area contributed by atoms with Gasteiger partial charge in [-0.15, -0.1) is 0 Å². The molecule has 120 valence electrons. The van der Waals surface area contributed by atoms with E-state index in [1.54, 1.807) is 4.90 Å². The Balaban J connectivity index is 1.98. The molecule has 0 spiro atoms. The topological polar surface area (TPSA) is 119 Å². The third-order valence-electron chi connectivity index (χ3n) is 3.75. The number of piperidine rings is 1. The van der Waals surface area contributed by atoms with Gasteiger partial charge in [0.2, 0.25) is 5.91 Å². The first-order valence-electron chi connectivity index (χ1n) is 7.16. The molecule has 1 aliphatic heterocycles. The second-order valence-corrected chi connectivity index (χ2v) is 5.30. The van der Waals surface area contributed by atoms with Crippen molar-refractivity contribution in [1.29, 1.82) is 0 Å². The third-order valence-corrected chi connectivity index (χ3v) is 3.75. The van der Waals surface area contributed by atoms with E-state index in [9.17, 15) is 19.7 Å². The molecular weight excluding hydrogens is 292 g/mol. The normalized spacial score (nSPS) is 18.2. The molecule has 9 heteroatoms. The van der Waals surface area contributed by atoms with E-state index >= 15 is 0 Å². The highest BCUT2D eigenvalue weighted by molar-refractivity contribution is 5.76.